The highest BCUT2D eigenvalue weighted by atomic mass is 16.2. The van der Waals surface area contributed by atoms with Gasteiger partial charge >= 0.3 is 0 Å². The fraction of sp³-hybridized carbons (Fsp3) is 0.652. The van der Waals surface area contributed by atoms with E-state index in [4.69, 9.17) is 0 Å². The minimum Gasteiger partial charge on any atom is -0.362 e. The zero-order valence-electron chi connectivity index (χ0n) is 17.2. The fourth-order valence-corrected chi connectivity index (χ4v) is 5.92. The van der Waals surface area contributed by atoms with Crippen molar-refractivity contribution in [3.8, 4) is 0 Å². The summed E-state index contributed by atoms with van der Waals surface area (Å²) in [5.41, 5.74) is 1.24. The fourth-order valence-electron chi connectivity index (χ4n) is 5.92. The normalized spacial score (nSPS) is 28.8. The molecule has 6 heteroatoms. The zero-order chi connectivity index (χ0) is 19.8. The van der Waals surface area contributed by atoms with Crippen LogP contribution >= 0.6 is 0 Å². The Kier molecular flexibility index (Phi) is 4.98. The number of carbonyl (C=O) groups excluding carboxylic acids is 2. The summed E-state index contributed by atoms with van der Waals surface area (Å²) in [6.07, 6.45) is 9.17. The number of carbonyl (C=O) groups is 2. The molecule has 29 heavy (non-hydrogen) atoms. The first kappa shape index (κ1) is 18.9. The number of rotatable bonds is 2. The van der Waals surface area contributed by atoms with Crippen LogP contribution in [-0.4, -0.2) is 59.5 Å². The van der Waals surface area contributed by atoms with Crippen LogP contribution in [0.5, 0.6) is 0 Å². The number of piperidine rings is 2. The van der Waals surface area contributed by atoms with E-state index < -0.39 is 0 Å². The molecule has 3 aliphatic heterocycles. The van der Waals surface area contributed by atoms with Gasteiger partial charge in [-0.25, -0.2) is 0 Å². The third-order valence-corrected chi connectivity index (χ3v) is 7.53. The lowest BCUT2D eigenvalue weighted by Crippen LogP contribution is -2.63. The topological polar surface area (TPSA) is 64.7 Å². The van der Waals surface area contributed by atoms with Crippen LogP contribution in [0.25, 0.3) is 0 Å². The quantitative estimate of drug-likeness (QED) is 0.807. The molecule has 0 aromatic heterocycles. The Morgan fingerprint density at radius 2 is 1.76 bits per heavy atom. The van der Waals surface area contributed by atoms with Crippen LogP contribution in [0, 0.1) is 5.92 Å². The summed E-state index contributed by atoms with van der Waals surface area (Å²) in [6, 6.07) is 8.17. The molecular formula is C23H32N4O2. The number of hydrogen-bond donors (Lipinski definition) is 2. The molecule has 2 N–H and O–H groups in total. The molecule has 1 aliphatic carbocycles. The smallest absolute Gasteiger partial charge is 0.255 e. The molecule has 1 aromatic rings. The van der Waals surface area contributed by atoms with E-state index >= 15 is 0 Å². The molecule has 2 atom stereocenters. The van der Waals surface area contributed by atoms with Gasteiger partial charge in [-0.15, -0.1) is 0 Å². The van der Waals surface area contributed by atoms with Crippen LogP contribution in [0.3, 0.4) is 0 Å². The first-order chi connectivity index (χ1) is 14.1. The highest BCUT2D eigenvalue weighted by Gasteiger charge is 2.41. The number of nitrogens with zero attached hydrogens (tertiary/aromatic N) is 2. The molecule has 0 unspecified atom stereocenters. The van der Waals surface area contributed by atoms with Crippen molar-refractivity contribution >= 4 is 17.5 Å². The van der Waals surface area contributed by atoms with Gasteiger partial charge in [0.2, 0.25) is 5.91 Å². The lowest BCUT2D eigenvalue weighted by molar-refractivity contribution is -0.139. The Bertz CT molecular complexity index is 785. The average molecular weight is 397 g/mol. The Hall–Kier alpha value is -2.08. The predicted octanol–water partition coefficient (Wildman–Crippen LogP) is 2.82. The van der Waals surface area contributed by atoms with Gasteiger partial charge in [-0.3, -0.25) is 14.5 Å². The van der Waals surface area contributed by atoms with Gasteiger partial charge in [-0.1, -0.05) is 25.0 Å². The van der Waals surface area contributed by atoms with Gasteiger partial charge in [-0.2, -0.15) is 0 Å². The molecule has 3 fully saturated rings. The van der Waals surface area contributed by atoms with E-state index in [0.29, 0.717) is 24.1 Å². The molecular weight excluding hydrogens is 364 g/mol. The Morgan fingerprint density at radius 1 is 1.00 bits per heavy atom. The molecule has 2 saturated heterocycles. The minimum atomic E-state index is -0.384. The van der Waals surface area contributed by atoms with E-state index in [-0.39, 0.29) is 11.6 Å². The lowest BCUT2D eigenvalue weighted by atomic mass is 9.78. The number of benzene rings is 1. The van der Waals surface area contributed by atoms with Gasteiger partial charge in [0.05, 0.1) is 12.1 Å². The van der Waals surface area contributed by atoms with Crippen LogP contribution in [0.1, 0.15) is 61.7 Å². The van der Waals surface area contributed by atoms with Crippen molar-refractivity contribution in [2.75, 3.05) is 31.5 Å². The number of anilines is 1. The first-order valence-corrected chi connectivity index (χ1v) is 11.4. The highest BCUT2D eigenvalue weighted by Crippen LogP contribution is 2.36. The molecule has 5 rings (SSSR count). The maximum absolute atomic E-state index is 13.1. The monoisotopic (exact) mass is 396 g/mol. The van der Waals surface area contributed by atoms with Crippen molar-refractivity contribution < 1.29 is 9.59 Å². The molecule has 4 aliphatic rings. The van der Waals surface area contributed by atoms with Gasteiger partial charge in [0.1, 0.15) is 5.66 Å². The molecule has 6 nitrogen and oxygen atoms in total. The molecule has 1 spiro atoms. The van der Waals surface area contributed by atoms with Crippen molar-refractivity contribution in [3.63, 3.8) is 0 Å². The maximum atomic E-state index is 13.1. The number of fused-ring (bicyclic) bond motifs is 2. The van der Waals surface area contributed by atoms with Gasteiger partial charge in [-0.05, 0) is 43.7 Å². The van der Waals surface area contributed by atoms with Crippen LogP contribution < -0.4 is 10.6 Å². The summed E-state index contributed by atoms with van der Waals surface area (Å²) in [4.78, 5) is 30.1. The standard InChI is InChI=1S/C23H32N4O2/c28-21(27-13-5-7-17-6-1-4-10-20(17)27)16-26-14-11-23(12-15-26)24-19-9-3-2-8-18(19)22(29)25-23/h2-3,8-9,17,20,24H,1,4-7,10-16H2,(H,25,29)/t17-,20+/m1/s1. The largest absolute Gasteiger partial charge is 0.362 e. The van der Waals surface area contributed by atoms with Crippen molar-refractivity contribution in [1.29, 1.82) is 0 Å². The number of hydrogen-bond acceptors (Lipinski definition) is 4. The Balaban J connectivity index is 1.19. The second kappa shape index (κ2) is 7.63. The van der Waals surface area contributed by atoms with Crippen molar-refractivity contribution in [2.45, 2.75) is 63.1 Å². The van der Waals surface area contributed by atoms with E-state index in [9.17, 15) is 9.59 Å². The molecule has 2 amide bonds. The molecule has 1 aromatic carbocycles. The zero-order valence-corrected chi connectivity index (χ0v) is 17.2. The van der Waals surface area contributed by atoms with E-state index in [1.807, 2.05) is 24.3 Å². The second-order valence-electron chi connectivity index (χ2n) is 9.32. The summed E-state index contributed by atoms with van der Waals surface area (Å²) >= 11 is 0. The molecule has 0 bridgehead atoms. The first-order valence-electron chi connectivity index (χ1n) is 11.4. The lowest BCUT2D eigenvalue weighted by Gasteiger charge is -2.47. The molecule has 156 valence electrons. The summed E-state index contributed by atoms with van der Waals surface area (Å²) in [7, 11) is 0. The van der Waals surface area contributed by atoms with Crippen LogP contribution in [0.2, 0.25) is 0 Å². The molecule has 0 radical (unpaired) electrons. The Labute approximate surface area is 173 Å². The predicted molar refractivity (Wildman–Crippen MR) is 113 cm³/mol. The van der Waals surface area contributed by atoms with E-state index in [1.54, 1.807) is 0 Å². The average Bonchev–Trinajstić information content (AvgIpc) is 2.75. The van der Waals surface area contributed by atoms with Gasteiger partial charge in [0, 0.05) is 44.2 Å². The van der Waals surface area contributed by atoms with Gasteiger partial charge in [0.25, 0.3) is 5.91 Å². The van der Waals surface area contributed by atoms with Crippen LogP contribution in [-0.2, 0) is 4.79 Å². The van der Waals surface area contributed by atoms with Crippen molar-refractivity contribution in [3.05, 3.63) is 29.8 Å². The molecule has 3 heterocycles. The summed E-state index contributed by atoms with van der Waals surface area (Å²) in [5, 5.41) is 6.75. The van der Waals surface area contributed by atoms with Gasteiger partial charge in [0.15, 0.2) is 0 Å². The van der Waals surface area contributed by atoms with E-state index in [1.165, 1.54) is 32.1 Å². The highest BCUT2D eigenvalue weighted by molar-refractivity contribution is 6.02. The molecule has 1 saturated carbocycles. The number of likely N-dealkylation sites (tertiary alicyclic amines) is 2. The van der Waals surface area contributed by atoms with Crippen LogP contribution in [0.4, 0.5) is 5.69 Å². The third kappa shape index (κ3) is 3.63. The van der Waals surface area contributed by atoms with Crippen molar-refractivity contribution in [1.82, 2.24) is 15.1 Å². The minimum absolute atomic E-state index is 0.000494. The second-order valence-corrected chi connectivity index (χ2v) is 9.32. The van der Waals surface area contributed by atoms with Crippen molar-refractivity contribution in [2.24, 2.45) is 5.92 Å². The summed E-state index contributed by atoms with van der Waals surface area (Å²) in [5.74, 6) is 1.04. The Morgan fingerprint density at radius 3 is 2.62 bits per heavy atom. The van der Waals surface area contributed by atoms with Gasteiger partial charge < -0.3 is 15.5 Å². The van der Waals surface area contributed by atoms with E-state index in [0.717, 1.165) is 50.5 Å². The third-order valence-electron chi connectivity index (χ3n) is 7.53. The number of amides is 2. The number of para-hydroxylation sites is 1. The SMILES string of the molecule is O=C1NC2(CCN(CC(=O)N3CCC[C@H]4CCCC[C@@H]43)CC2)Nc2ccccc21. The summed E-state index contributed by atoms with van der Waals surface area (Å²) in [6.45, 7) is 3.10. The van der Waals surface area contributed by atoms with Crippen LogP contribution in [0.15, 0.2) is 24.3 Å². The number of nitrogens with one attached hydrogen (secondary N) is 2. The maximum Gasteiger partial charge on any atom is 0.255 e. The summed E-state index contributed by atoms with van der Waals surface area (Å²) < 4.78 is 0. The van der Waals surface area contributed by atoms with E-state index in [2.05, 4.69) is 20.4 Å².